The van der Waals surface area contributed by atoms with Crippen LogP contribution in [0.2, 0.25) is 0 Å². The normalized spacial score (nSPS) is 14.2. The maximum Gasteiger partial charge on any atom is 0.472 e. The van der Waals surface area contributed by atoms with Crippen molar-refractivity contribution in [2.75, 3.05) is 26.4 Å². The van der Waals surface area contributed by atoms with Crippen molar-refractivity contribution in [1.29, 1.82) is 0 Å². The first-order valence-corrected chi connectivity index (χ1v) is 24.9. The van der Waals surface area contributed by atoms with Crippen LogP contribution in [0.4, 0.5) is 0 Å². The van der Waals surface area contributed by atoms with Crippen LogP contribution in [-0.4, -0.2) is 102 Å². The van der Waals surface area contributed by atoms with Crippen molar-refractivity contribution in [3.05, 3.63) is 0 Å². The molecular formula is C44H81N2O16P. The Balaban J connectivity index is 5.33. The zero-order valence-electron chi connectivity index (χ0n) is 38.2. The topological polar surface area (TPSA) is 288 Å². The highest BCUT2D eigenvalue weighted by atomic mass is 31.2. The number of nitrogens with two attached hydrogens (primary N) is 2. The number of aliphatic carboxylic acids is 2. The van der Waals surface area contributed by atoms with Gasteiger partial charge in [-0.3, -0.25) is 37.8 Å². The fourth-order valence-corrected chi connectivity index (χ4v) is 7.11. The van der Waals surface area contributed by atoms with Crippen LogP contribution in [0.3, 0.4) is 0 Å². The summed E-state index contributed by atoms with van der Waals surface area (Å²) in [4.78, 5) is 82.7. The number of carboxylic acid groups (broad SMARTS) is 2. The summed E-state index contributed by atoms with van der Waals surface area (Å²) >= 11 is 0. The molecule has 0 radical (unpaired) electrons. The monoisotopic (exact) mass is 925 g/mol. The van der Waals surface area contributed by atoms with Crippen molar-refractivity contribution in [1.82, 2.24) is 0 Å². The lowest BCUT2D eigenvalue weighted by molar-refractivity contribution is -0.163. The van der Waals surface area contributed by atoms with E-state index in [1.165, 1.54) is 77.0 Å². The molecule has 368 valence electrons. The van der Waals surface area contributed by atoms with Crippen LogP contribution in [-0.2, 0) is 61.3 Å². The van der Waals surface area contributed by atoms with Crippen molar-refractivity contribution >= 4 is 43.6 Å². The predicted octanol–water partition coefficient (Wildman–Crippen LogP) is 7.82. The molecule has 0 rings (SSSR count). The minimum atomic E-state index is -5.02. The third-order valence-corrected chi connectivity index (χ3v) is 11.1. The molecule has 0 aromatic carbocycles. The van der Waals surface area contributed by atoms with Crippen molar-refractivity contribution in [3.63, 3.8) is 0 Å². The van der Waals surface area contributed by atoms with Crippen molar-refractivity contribution in [3.8, 4) is 0 Å². The summed E-state index contributed by atoms with van der Waals surface area (Å²) in [5, 5.41) is 17.8. The average Bonchev–Trinajstić information content (AvgIpc) is 3.24. The maximum absolute atomic E-state index is 13.0. The molecule has 7 N–H and O–H groups in total. The number of hydrogen-bond donors (Lipinski definition) is 5. The van der Waals surface area contributed by atoms with Crippen LogP contribution >= 0.6 is 7.82 Å². The minimum Gasteiger partial charge on any atom is -0.481 e. The van der Waals surface area contributed by atoms with Gasteiger partial charge in [0.05, 0.1) is 13.2 Å². The second-order valence-corrected chi connectivity index (χ2v) is 17.6. The zero-order chi connectivity index (χ0) is 47.1. The van der Waals surface area contributed by atoms with Crippen LogP contribution in [0.15, 0.2) is 0 Å². The first-order valence-electron chi connectivity index (χ1n) is 23.4. The standard InChI is InChI=1S/C44H81N2O16P/c1-3-5-7-9-11-13-15-17-19-21-23-25-41(51)57-31-35(61-42(52)26-24-22-20-18-16-14-12-10-8-6-4-2)33-59-63(55,56)60-34-36(62-44(54)38(46)28-30-40(49)50)32-58-43(53)37(45)27-29-39(47)48/h35-38H,3-34,45-46H2,1-2H3,(H,47,48)(H,49,50)(H,55,56)/t35-,36?,37+,38+/m1/s1. The van der Waals surface area contributed by atoms with Gasteiger partial charge in [0.15, 0.2) is 12.2 Å². The van der Waals surface area contributed by atoms with Gasteiger partial charge >= 0.3 is 43.6 Å². The molecule has 2 unspecified atom stereocenters. The summed E-state index contributed by atoms with van der Waals surface area (Å²) in [5.74, 6) is -5.76. The van der Waals surface area contributed by atoms with Gasteiger partial charge in [0.1, 0.15) is 25.3 Å². The van der Waals surface area contributed by atoms with E-state index in [0.717, 1.165) is 51.4 Å². The Labute approximate surface area is 375 Å². The summed E-state index contributed by atoms with van der Waals surface area (Å²) in [5.41, 5.74) is 11.4. The predicted molar refractivity (Wildman–Crippen MR) is 235 cm³/mol. The van der Waals surface area contributed by atoms with E-state index < -0.39 is 107 Å². The van der Waals surface area contributed by atoms with Crippen LogP contribution in [0.5, 0.6) is 0 Å². The lowest BCUT2D eigenvalue weighted by atomic mass is 10.1. The number of esters is 4. The third kappa shape index (κ3) is 37.9. The Bertz CT molecular complexity index is 1300. The van der Waals surface area contributed by atoms with E-state index in [4.69, 9.17) is 49.7 Å². The summed E-state index contributed by atoms with van der Waals surface area (Å²) in [6, 6.07) is -2.78. The van der Waals surface area contributed by atoms with Gasteiger partial charge in [-0.25, -0.2) is 4.57 Å². The fourth-order valence-electron chi connectivity index (χ4n) is 6.32. The molecule has 0 saturated heterocycles. The van der Waals surface area contributed by atoms with E-state index >= 15 is 0 Å². The molecule has 0 heterocycles. The summed E-state index contributed by atoms with van der Waals surface area (Å²) in [6.07, 6.45) is 20.1. The van der Waals surface area contributed by atoms with Crippen molar-refractivity contribution in [2.45, 2.75) is 218 Å². The number of unbranched alkanes of at least 4 members (excludes halogenated alkanes) is 20. The largest absolute Gasteiger partial charge is 0.481 e. The summed E-state index contributed by atoms with van der Waals surface area (Å²) < 4.78 is 44.2. The minimum absolute atomic E-state index is 0.0772. The van der Waals surface area contributed by atoms with E-state index in [0.29, 0.717) is 12.8 Å². The number of phosphoric ester groups is 1. The lowest BCUT2D eigenvalue weighted by Gasteiger charge is -2.23. The van der Waals surface area contributed by atoms with Crippen LogP contribution in [0.1, 0.15) is 194 Å². The second kappa shape index (κ2) is 39.2. The first-order chi connectivity index (χ1) is 30.1. The number of ether oxygens (including phenoxy) is 4. The Morgan fingerprint density at radius 2 is 0.810 bits per heavy atom. The number of carbonyl (C=O) groups excluding carboxylic acids is 4. The van der Waals surface area contributed by atoms with Crippen molar-refractivity contribution in [2.24, 2.45) is 11.5 Å². The molecule has 0 aliphatic carbocycles. The summed E-state index contributed by atoms with van der Waals surface area (Å²) in [7, 11) is -5.02. The average molecular weight is 925 g/mol. The number of carboxylic acids is 2. The molecule has 0 aromatic rings. The molecule has 0 saturated carbocycles. The lowest BCUT2D eigenvalue weighted by Crippen LogP contribution is -2.40. The Hall–Kier alpha value is -3.15. The highest BCUT2D eigenvalue weighted by Crippen LogP contribution is 2.43. The first kappa shape index (κ1) is 59.9. The van der Waals surface area contributed by atoms with E-state index in [-0.39, 0.29) is 25.7 Å². The van der Waals surface area contributed by atoms with Gasteiger partial charge in [0, 0.05) is 25.7 Å². The van der Waals surface area contributed by atoms with Gasteiger partial charge in [0.2, 0.25) is 0 Å². The molecule has 0 aliphatic rings. The molecule has 18 nitrogen and oxygen atoms in total. The van der Waals surface area contributed by atoms with Crippen LogP contribution in [0.25, 0.3) is 0 Å². The quantitative estimate of drug-likeness (QED) is 0.0168. The van der Waals surface area contributed by atoms with E-state index in [1.807, 2.05) is 0 Å². The van der Waals surface area contributed by atoms with Gasteiger partial charge in [0.25, 0.3) is 0 Å². The SMILES string of the molecule is CCCCCCCCCCCCCC(=O)OC[C@H](COP(=O)(O)OCC(COC(=O)[C@@H](N)CCC(=O)O)OC(=O)[C@@H](N)CCC(=O)O)OC(=O)CCCCCCCCCCCCC. The molecule has 0 spiro atoms. The Kier molecular flexibility index (Phi) is 37.3. The Morgan fingerprint density at radius 3 is 1.22 bits per heavy atom. The zero-order valence-corrected chi connectivity index (χ0v) is 39.1. The van der Waals surface area contributed by atoms with Gasteiger partial charge in [-0.1, -0.05) is 142 Å². The van der Waals surface area contributed by atoms with Gasteiger partial charge in [-0.2, -0.15) is 0 Å². The highest BCUT2D eigenvalue weighted by Gasteiger charge is 2.30. The van der Waals surface area contributed by atoms with Crippen LogP contribution < -0.4 is 11.5 Å². The van der Waals surface area contributed by atoms with Gasteiger partial charge in [-0.05, 0) is 25.7 Å². The number of phosphoric acid groups is 1. The van der Waals surface area contributed by atoms with Crippen LogP contribution in [0, 0.1) is 0 Å². The highest BCUT2D eigenvalue weighted by molar-refractivity contribution is 7.47. The third-order valence-electron chi connectivity index (χ3n) is 10.2. The molecule has 5 atom stereocenters. The molecule has 0 fully saturated rings. The van der Waals surface area contributed by atoms with Gasteiger partial charge < -0.3 is 45.5 Å². The molecule has 0 aliphatic heterocycles. The molecule has 0 amide bonds. The number of rotatable bonds is 44. The van der Waals surface area contributed by atoms with Crippen molar-refractivity contribution < 1.29 is 76.4 Å². The van der Waals surface area contributed by atoms with E-state index in [9.17, 15) is 38.2 Å². The molecular weight excluding hydrogens is 843 g/mol. The molecule has 0 bridgehead atoms. The fraction of sp³-hybridized carbons (Fsp3) is 0.864. The molecule has 0 aromatic heterocycles. The number of hydrogen-bond acceptors (Lipinski definition) is 15. The Morgan fingerprint density at radius 1 is 0.460 bits per heavy atom. The van der Waals surface area contributed by atoms with E-state index in [1.54, 1.807) is 0 Å². The second-order valence-electron chi connectivity index (χ2n) is 16.2. The maximum atomic E-state index is 13.0. The number of carbonyl (C=O) groups is 6. The molecule has 19 heteroatoms. The van der Waals surface area contributed by atoms with Gasteiger partial charge in [-0.15, -0.1) is 0 Å². The summed E-state index contributed by atoms with van der Waals surface area (Å²) in [6.45, 7) is 1.54. The molecule has 63 heavy (non-hydrogen) atoms. The van der Waals surface area contributed by atoms with E-state index in [2.05, 4.69) is 13.8 Å². The smallest absolute Gasteiger partial charge is 0.472 e.